The largest absolute Gasteiger partial charge is 0.442 e. The van der Waals surface area contributed by atoms with E-state index < -0.39 is 6.10 Å². The maximum atomic E-state index is 10.2. The number of carbonyl (C=O) groups is 1. The van der Waals surface area contributed by atoms with E-state index in [0.29, 0.717) is 0 Å². The molecule has 40 valence electrons. The Morgan fingerprint density at radius 3 is 2.88 bits per heavy atom. The summed E-state index contributed by atoms with van der Waals surface area (Å²) < 4.78 is 4.52. The number of ether oxygens (including phenoxy) is 1. The Hall–Kier alpha value is -1.23. The van der Waals surface area contributed by atoms with E-state index >= 15 is 0 Å². The highest BCUT2D eigenvalue weighted by molar-refractivity contribution is 5.84. The predicted octanol–water partition coefficient (Wildman–Crippen LogP) is 0.101. The van der Waals surface area contributed by atoms with Crippen LogP contribution in [0.4, 0.5) is 0 Å². The molecule has 1 rings (SSSR count). The van der Waals surface area contributed by atoms with Crippen molar-refractivity contribution in [2.45, 2.75) is 6.10 Å². The Balaban J connectivity index is 2.62. The van der Waals surface area contributed by atoms with Gasteiger partial charge in [0.1, 0.15) is 0 Å². The van der Waals surface area contributed by atoms with Crippen LogP contribution in [0, 0.1) is 12.3 Å². The molecule has 1 atom stereocenters. The molecule has 0 aromatic rings. The number of hydrogen-bond acceptors (Lipinski definition) is 2. The van der Waals surface area contributed by atoms with E-state index in [9.17, 15) is 4.79 Å². The van der Waals surface area contributed by atoms with Gasteiger partial charge >= 0.3 is 5.97 Å². The summed E-state index contributed by atoms with van der Waals surface area (Å²) in [4.78, 5) is 10.2. The van der Waals surface area contributed by atoms with Gasteiger partial charge in [-0.05, 0) is 6.08 Å². The fourth-order valence-corrected chi connectivity index (χ4v) is 0.459. The van der Waals surface area contributed by atoms with Crippen LogP contribution in [0.25, 0.3) is 0 Å². The molecule has 1 heterocycles. The van der Waals surface area contributed by atoms with Gasteiger partial charge in [0.2, 0.25) is 0 Å². The minimum atomic E-state index is -0.428. The van der Waals surface area contributed by atoms with Crippen molar-refractivity contribution in [1.29, 1.82) is 0 Å². The quantitative estimate of drug-likeness (QED) is 0.325. The summed E-state index contributed by atoms with van der Waals surface area (Å²) >= 11 is 0. The zero-order valence-electron chi connectivity index (χ0n) is 4.13. The third-order valence-electron chi connectivity index (χ3n) is 0.814. The Morgan fingerprint density at radius 2 is 2.62 bits per heavy atom. The van der Waals surface area contributed by atoms with Gasteiger partial charge in [0.25, 0.3) is 0 Å². The monoisotopic (exact) mass is 108 g/mol. The minimum Gasteiger partial charge on any atom is -0.442 e. The summed E-state index contributed by atoms with van der Waals surface area (Å²) in [5.74, 6) is 1.91. The van der Waals surface area contributed by atoms with E-state index in [4.69, 9.17) is 6.42 Å². The molecule has 0 radical (unpaired) electrons. The van der Waals surface area contributed by atoms with Crippen molar-refractivity contribution in [2.75, 3.05) is 0 Å². The predicted molar refractivity (Wildman–Crippen MR) is 27.9 cm³/mol. The van der Waals surface area contributed by atoms with Crippen LogP contribution in [0.1, 0.15) is 0 Å². The van der Waals surface area contributed by atoms with Crippen molar-refractivity contribution < 1.29 is 9.53 Å². The van der Waals surface area contributed by atoms with Crippen LogP contribution in [-0.2, 0) is 9.53 Å². The molecule has 0 aromatic carbocycles. The summed E-state index contributed by atoms with van der Waals surface area (Å²) in [5.41, 5.74) is 0. The highest BCUT2D eigenvalue weighted by atomic mass is 16.5. The lowest BCUT2D eigenvalue weighted by atomic mass is 10.4. The van der Waals surface area contributed by atoms with Crippen LogP contribution < -0.4 is 0 Å². The molecule has 0 saturated carbocycles. The zero-order chi connectivity index (χ0) is 5.98. The topological polar surface area (TPSA) is 26.3 Å². The van der Waals surface area contributed by atoms with Gasteiger partial charge < -0.3 is 4.74 Å². The van der Waals surface area contributed by atoms with E-state index in [1.807, 2.05) is 0 Å². The van der Waals surface area contributed by atoms with E-state index in [0.717, 1.165) is 0 Å². The third kappa shape index (κ3) is 0.710. The first-order chi connectivity index (χ1) is 3.83. The Morgan fingerprint density at radius 1 is 1.88 bits per heavy atom. The standard InChI is InChI=1S/C6H4O2/c1-2-5-3-4-6(7)8-5/h1,3-5H. The van der Waals surface area contributed by atoms with Crippen LogP contribution in [0.5, 0.6) is 0 Å². The molecule has 1 unspecified atom stereocenters. The average molecular weight is 108 g/mol. The van der Waals surface area contributed by atoms with E-state index in [1.54, 1.807) is 6.08 Å². The second-order valence-electron chi connectivity index (χ2n) is 1.38. The highest BCUT2D eigenvalue weighted by Gasteiger charge is 2.11. The Bertz CT molecular complexity index is 173. The van der Waals surface area contributed by atoms with Crippen LogP contribution in [0.3, 0.4) is 0 Å². The van der Waals surface area contributed by atoms with E-state index in [1.165, 1.54) is 6.08 Å². The summed E-state index contributed by atoms with van der Waals surface area (Å²) in [6, 6.07) is 0. The number of hydrogen-bond donors (Lipinski definition) is 0. The average Bonchev–Trinajstić information content (AvgIpc) is 2.14. The summed E-state index contributed by atoms with van der Waals surface area (Å²) in [6.45, 7) is 0. The lowest BCUT2D eigenvalue weighted by Gasteiger charge is -1.94. The van der Waals surface area contributed by atoms with E-state index in [2.05, 4.69) is 10.7 Å². The smallest absolute Gasteiger partial charge is 0.332 e. The second kappa shape index (κ2) is 1.71. The molecular formula is C6H4O2. The minimum absolute atomic E-state index is 0.354. The molecule has 0 amide bonds. The molecule has 0 bridgehead atoms. The van der Waals surface area contributed by atoms with Gasteiger partial charge in [-0.3, -0.25) is 0 Å². The van der Waals surface area contributed by atoms with Crippen molar-refractivity contribution in [2.24, 2.45) is 0 Å². The van der Waals surface area contributed by atoms with Crippen molar-refractivity contribution in [3.8, 4) is 12.3 Å². The Kier molecular flexibility index (Phi) is 1.05. The maximum absolute atomic E-state index is 10.2. The van der Waals surface area contributed by atoms with Gasteiger partial charge in [0.05, 0.1) is 0 Å². The SMILES string of the molecule is C#CC1C=CC(=O)O1. The van der Waals surface area contributed by atoms with Gasteiger partial charge in [-0.2, -0.15) is 0 Å². The lowest BCUT2D eigenvalue weighted by Crippen LogP contribution is -2.02. The van der Waals surface area contributed by atoms with Crippen molar-refractivity contribution in [3.63, 3.8) is 0 Å². The molecule has 0 N–H and O–H groups in total. The fraction of sp³-hybridized carbons (Fsp3) is 0.167. The molecule has 2 heteroatoms. The molecule has 0 saturated heterocycles. The Labute approximate surface area is 47.1 Å². The van der Waals surface area contributed by atoms with Gasteiger partial charge in [-0.1, -0.05) is 5.92 Å². The molecular weight excluding hydrogens is 104 g/mol. The molecule has 0 spiro atoms. The lowest BCUT2D eigenvalue weighted by molar-refractivity contribution is -0.136. The molecule has 1 aliphatic heterocycles. The summed E-state index contributed by atoms with van der Waals surface area (Å²) in [7, 11) is 0. The van der Waals surface area contributed by atoms with Crippen LogP contribution >= 0.6 is 0 Å². The number of cyclic esters (lactones) is 1. The van der Waals surface area contributed by atoms with Crippen LogP contribution in [-0.4, -0.2) is 12.1 Å². The first-order valence-electron chi connectivity index (χ1n) is 2.18. The van der Waals surface area contributed by atoms with Crippen molar-refractivity contribution >= 4 is 5.97 Å². The molecule has 0 aliphatic carbocycles. The van der Waals surface area contributed by atoms with Crippen molar-refractivity contribution in [1.82, 2.24) is 0 Å². The number of rotatable bonds is 0. The normalized spacial score (nSPS) is 24.9. The summed E-state index contributed by atoms with van der Waals surface area (Å²) in [6.07, 6.45) is 7.36. The fourth-order valence-electron chi connectivity index (χ4n) is 0.459. The van der Waals surface area contributed by atoms with Gasteiger partial charge in [0.15, 0.2) is 6.10 Å². The zero-order valence-corrected chi connectivity index (χ0v) is 4.13. The van der Waals surface area contributed by atoms with Gasteiger partial charge in [-0.25, -0.2) is 4.79 Å². The molecule has 8 heavy (non-hydrogen) atoms. The van der Waals surface area contributed by atoms with Gasteiger partial charge in [0, 0.05) is 6.08 Å². The molecule has 2 nitrogen and oxygen atoms in total. The first kappa shape index (κ1) is 4.92. The number of esters is 1. The summed E-state index contributed by atoms with van der Waals surface area (Å²) in [5, 5.41) is 0. The van der Waals surface area contributed by atoms with Crippen molar-refractivity contribution in [3.05, 3.63) is 12.2 Å². The molecule has 0 aromatic heterocycles. The van der Waals surface area contributed by atoms with Crippen LogP contribution in [0.2, 0.25) is 0 Å². The molecule has 1 aliphatic rings. The van der Waals surface area contributed by atoms with Gasteiger partial charge in [-0.15, -0.1) is 6.42 Å². The van der Waals surface area contributed by atoms with E-state index in [-0.39, 0.29) is 5.97 Å². The molecule has 0 fully saturated rings. The highest BCUT2D eigenvalue weighted by Crippen LogP contribution is 2.01. The third-order valence-corrected chi connectivity index (χ3v) is 0.814. The number of terminal acetylenes is 1. The first-order valence-corrected chi connectivity index (χ1v) is 2.18. The second-order valence-corrected chi connectivity index (χ2v) is 1.38. The van der Waals surface area contributed by atoms with Crippen LogP contribution in [0.15, 0.2) is 12.2 Å². The number of carbonyl (C=O) groups excluding carboxylic acids is 1. The maximum Gasteiger partial charge on any atom is 0.332 e.